The van der Waals surface area contributed by atoms with Crippen LogP contribution >= 0.6 is 0 Å². The minimum atomic E-state index is -0.535. The molecule has 0 bridgehead atoms. The molecule has 2 aromatic rings. The molecular formula is C17H12O5. The predicted molar refractivity (Wildman–Crippen MR) is 78.1 cm³/mol. The molecule has 0 spiro atoms. The van der Waals surface area contributed by atoms with Gasteiger partial charge in [-0.1, -0.05) is 0 Å². The van der Waals surface area contributed by atoms with E-state index in [0.29, 0.717) is 52.7 Å². The Hall–Kier alpha value is -2.82. The number of ether oxygens (including phenoxy) is 3. The third kappa shape index (κ3) is 1.72. The van der Waals surface area contributed by atoms with Crippen molar-refractivity contribution in [1.29, 1.82) is 0 Å². The van der Waals surface area contributed by atoms with Crippen LogP contribution in [0.2, 0.25) is 0 Å². The fraction of sp³-hybridized carbons (Fsp3) is 0.176. The zero-order chi connectivity index (χ0) is 15.3. The smallest absolute Gasteiger partial charge is 0.234 e. The fourth-order valence-corrected chi connectivity index (χ4v) is 2.82. The van der Waals surface area contributed by atoms with E-state index < -0.39 is 11.6 Å². The molecule has 2 aliphatic rings. The molecule has 0 saturated carbocycles. The third-order valence-electron chi connectivity index (χ3n) is 3.89. The van der Waals surface area contributed by atoms with Crippen molar-refractivity contribution in [2.45, 2.75) is 0 Å². The highest BCUT2D eigenvalue weighted by Crippen LogP contribution is 2.42. The number of benzene rings is 2. The van der Waals surface area contributed by atoms with Crippen LogP contribution in [0.15, 0.2) is 30.3 Å². The number of carbonyl (C=O) groups excluding carboxylic acids is 2. The van der Waals surface area contributed by atoms with Gasteiger partial charge < -0.3 is 14.2 Å². The molecule has 0 fully saturated rings. The van der Waals surface area contributed by atoms with Gasteiger partial charge in [0.05, 0.1) is 7.11 Å². The van der Waals surface area contributed by atoms with Crippen molar-refractivity contribution in [2.75, 3.05) is 20.3 Å². The number of fused-ring (bicyclic) bond motifs is 4. The molecule has 0 radical (unpaired) electrons. The summed E-state index contributed by atoms with van der Waals surface area (Å²) in [7, 11) is 1.52. The lowest BCUT2D eigenvalue weighted by Gasteiger charge is -2.23. The Labute approximate surface area is 126 Å². The van der Waals surface area contributed by atoms with Crippen LogP contribution in [0.1, 0.15) is 20.7 Å². The molecule has 0 amide bonds. The molecule has 0 saturated heterocycles. The first kappa shape index (κ1) is 12.9. The summed E-state index contributed by atoms with van der Waals surface area (Å²) in [6, 6.07) is 8.50. The number of hydrogen-bond donors (Lipinski definition) is 0. The van der Waals surface area contributed by atoms with E-state index in [0.717, 1.165) is 0 Å². The first-order valence-electron chi connectivity index (χ1n) is 6.90. The molecule has 22 heavy (non-hydrogen) atoms. The van der Waals surface area contributed by atoms with E-state index in [1.165, 1.54) is 7.11 Å². The Morgan fingerprint density at radius 3 is 2.05 bits per heavy atom. The minimum Gasteiger partial charge on any atom is -0.497 e. The number of hydrogen-bond acceptors (Lipinski definition) is 5. The summed E-state index contributed by atoms with van der Waals surface area (Å²) in [5.74, 6) is 0.573. The van der Waals surface area contributed by atoms with Gasteiger partial charge >= 0.3 is 0 Å². The molecule has 0 N–H and O–H groups in total. The van der Waals surface area contributed by atoms with Gasteiger partial charge in [0.25, 0.3) is 0 Å². The van der Waals surface area contributed by atoms with Crippen LogP contribution in [-0.2, 0) is 0 Å². The summed E-state index contributed by atoms with van der Waals surface area (Å²) in [4.78, 5) is 24.7. The molecule has 0 unspecified atom stereocenters. The quantitative estimate of drug-likeness (QED) is 0.757. The van der Waals surface area contributed by atoms with Crippen molar-refractivity contribution in [3.63, 3.8) is 0 Å². The predicted octanol–water partition coefficient (Wildman–Crippen LogP) is 2.51. The van der Waals surface area contributed by atoms with Crippen molar-refractivity contribution in [1.82, 2.24) is 0 Å². The highest BCUT2D eigenvalue weighted by Gasteiger charge is 2.32. The van der Waals surface area contributed by atoms with E-state index in [2.05, 4.69) is 0 Å². The molecule has 1 heterocycles. The zero-order valence-corrected chi connectivity index (χ0v) is 11.8. The van der Waals surface area contributed by atoms with Crippen LogP contribution in [0.25, 0.3) is 11.1 Å². The first-order chi connectivity index (χ1) is 10.7. The highest BCUT2D eigenvalue weighted by molar-refractivity contribution is 6.53. The van der Waals surface area contributed by atoms with Gasteiger partial charge in [-0.15, -0.1) is 0 Å². The topological polar surface area (TPSA) is 61.8 Å². The lowest BCUT2D eigenvalue weighted by Crippen LogP contribution is -2.23. The number of rotatable bonds is 1. The second kappa shape index (κ2) is 4.59. The summed E-state index contributed by atoms with van der Waals surface area (Å²) >= 11 is 0. The van der Waals surface area contributed by atoms with E-state index in [1.807, 2.05) is 0 Å². The lowest BCUT2D eigenvalue weighted by atomic mass is 9.83. The number of ketones is 2. The first-order valence-corrected chi connectivity index (χ1v) is 6.90. The number of carbonyl (C=O) groups is 2. The maximum Gasteiger partial charge on any atom is 0.234 e. The van der Waals surface area contributed by atoms with Crippen molar-refractivity contribution in [3.05, 3.63) is 41.5 Å². The van der Waals surface area contributed by atoms with E-state index >= 15 is 0 Å². The maximum absolute atomic E-state index is 12.4. The Bertz CT molecular complexity index is 822. The monoisotopic (exact) mass is 296 g/mol. The van der Waals surface area contributed by atoms with E-state index in [9.17, 15) is 9.59 Å². The summed E-state index contributed by atoms with van der Waals surface area (Å²) in [6.07, 6.45) is 0. The maximum atomic E-state index is 12.4. The molecule has 2 aromatic carbocycles. The average Bonchev–Trinajstić information content (AvgIpc) is 2.58. The van der Waals surface area contributed by atoms with Gasteiger partial charge in [0.2, 0.25) is 11.6 Å². The second-order valence-electron chi connectivity index (χ2n) is 5.11. The van der Waals surface area contributed by atoms with Crippen LogP contribution in [0.4, 0.5) is 0 Å². The van der Waals surface area contributed by atoms with E-state index in [-0.39, 0.29) is 0 Å². The molecule has 1 aliphatic carbocycles. The van der Waals surface area contributed by atoms with E-state index in [4.69, 9.17) is 14.2 Å². The zero-order valence-electron chi connectivity index (χ0n) is 11.8. The van der Waals surface area contributed by atoms with Gasteiger partial charge in [0.15, 0.2) is 11.5 Å². The number of Topliss-reactive ketones (excluding diaryl/α,β-unsaturated/α-hetero) is 2. The van der Waals surface area contributed by atoms with Crippen LogP contribution in [0.3, 0.4) is 0 Å². The fourth-order valence-electron chi connectivity index (χ4n) is 2.82. The highest BCUT2D eigenvalue weighted by atomic mass is 16.6. The molecule has 0 atom stereocenters. The average molecular weight is 296 g/mol. The van der Waals surface area contributed by atoms with Gasteiger partial charge in [-0.05, 0) is 41.5 Å². The Balaban J connectivity index is 1.98. The van der Waals surface area contributed by atoms with Crippen LogP contribution in [0, 0.1) is 0 Å². The van der Waals surface area contributed by atoms with Crippen molar-refractivity contribution < 1.29 is 23.8 Å². The molecule has 4 rings (SSSR count). The summed E-state index contributed by atoms with van der Waals surface area (Å²) in [6.45, 7) is 0.899. The Morgan fingerprint density at radius 2 is 1.41 bits per heavy atom. The van der Waals surface area contributed by atoms with Gasteiger partial charge in [0, 0.05) is 11.1 Å². The van der Waals surface area contributed by atoms with Gasteiger partial charge in [-0.3, -0.25) is 9.59 Å². The van der Waals surface area contributed by atoms with Crippen molar-refractivity contribution in [2.24, 2.45) is 0 Å². The summed E-state index contributed by atoms with van der Waals surface area (Å²) in [5, 5.41) is 0. The largest absolute Gasteiger partial charge is 0.497 e. The minimum absolute atomic E-state index is 0.354. The summed E-state index contributed by atoms with van der Waals surface area (Å²) in [5.41, 5.74) is 2.10. The molecular weight excluding hydrogens is 284 g/mol. The SMILES string of the molecule is COc1ccc2c(c1)C(=O)C(=O)c1cc3c(cc1-2)OCCO3. The van der Waals surface area contributed by atoms with E-state index in [1.54, 1.807) is 30.3 Å². The van der Waals surface area contributed by atoms with Gasteiger partial charge in [-0.25, -0.2) is 0 Å². The van der Waals surface area contributed by atoms with Gasteiger partial charge in [-0.2, -0.15) is 0 Å². The second-order valence-corrected chi connectivity index (χ2v) is 5.11. The molecule has 5 heteroatoms. The molecule has 0 aromatic heterocycles. The Kier molecular flexibility index (Phi) is 2.69. The molecule has 110 valence electrons. The van der Waals surface area contributed by atoms with Crippen LogP contribution in [-0.4, -0.2) is 31.9 Å². The van der Waals surface area contributed by atoms with Gasteiger partial charge in [0.1, 0.15) is 19.0 Å². The Morgan fingerprint density at radius 1 is 0.818 bits per heavy atom. The standard InChI is InChI=1S/C17H12O5/c1-20-9-2-3-10-11-7-14-15(22-5-4-21-14)8-13(11)17(19)16(18)12(10)6-9/h2-3,6-8H,4-5H2,1H3. The summed E-state index contributed by atoms with van der Waals surface area (Å²) < 4.78 is 16.2. The normalized spacial score (nSPS) is 15.1. The third-order valence-corrected chi connectivity index (χ3v) is 3.89. The van der Waals surface area contributed by atoms with Crippen LogP contribution < -0.4 is 14.2 Å². The van der Waals surface area contributed by atoms with Crippen molar-refractivity contribution in [3.8, 4) is 28.4 Å². The lowest BCUT2D eigenvalue weighted by molar-refractivity contribution is 0.0814. The molecule has 1 aliphatic heterocycles. The molecule has 5 nitrogen and oxygen atoms in total. The van der Waals surface area contributed by atoms with Crippen LogP contribution in [0.5, 0.6) is 17.2 Å². The number of methoxy groups -OCH3 is 1. The van der Waals surface area contributed by atoms with Crippen molar-refractivity contribution >= 4 is 11.6 Å².